The summed E-state index contributed by atoms with van der Waals surface area (Å²) in [4.78, 5) is 33.3. The Bertz CT molecular complexity index is 1020. The van der Waals surface area contributed by atoms with Crippen LogP contribution in [-0.4, -0.2) is 23.5 Å². The standard InChI is InChI=1S/C19H16ClN3O6/c1-2-28-16-9-12(8-15-18(24)22-19(25)21-15)7-14(20)17(16)29-10-11-4-3-5-13(6-11)23(26)27/h3-9H,2,10H2,1H3,(H2,21,22,24,25)/b15-8+. The third kappa shape index (κ3) is 4.82. The van der Waals surface area contributed by atoms with Gasteiger partial charge in [0.25, 0.3) is 11.6 Å². The number of imide groups is 1. The number of nitro benzene ring substituents is 1. The topological polar surface area (TPSA) is 120 Å². The van der Waals surface area contributed by atoms with Crippen LogP contribution >= 0.6 is 11.6 Å². The molecule has 0 aromatic heterocycles. The summed E-state index contributed by atoms with van der Waals surface area (Å²) in [6, 6.07) is 8.63. The number of nitrogens with zero attached hydrogens (tertiary/aromatic N) is 1. The molecule has 1 saturated heterocycles. The molecular formula is C19H16ClN3O6. The Hall–Kier alpha value is -3.59. The molecule has 0 bridgehead atoms. The van der Waals surface area contributed by atoms with Crippen molar-refractivity contribution in [3.8, 4) is 11.5 Å². The van der Waals surface area contributed by atoms with Crippen molar-refractivity contribution in [2.45, 2.75) is 13.5 Å². The van der Waals surface area contributed by atoms with E-state index in [1.54, 1.807) is 31.2 Å². The average molecular weight is 418 g/mol. The van der Waals surface area contributed by atoms with Gasteiger partial charge in [-0.1, -0.05) is 23.7 Å². The highest BCUT2D eigenvalue weighted by Gasteiger charge is 2.23. The maximum Gasteiger partial charge on any atom is 0.326 e. The van der Waals surface area contributed by atoms with Crippen molar-refractivity contribution >= 4 is 35.3 Å². The molecule has 1 aliphatic heterocycles. The lowest BCUT2D eigenvalue weighted by atomic mass is 10.1. The maximum atomic E-state index is 11.7. The lowest BCUT2D eigenvalue weighted by Crippen LogP contribution is -2.22. The normalized spacial score (nSPS) is 14.5. The SMILES string of the molecule is CCOc1cc(/C=C2/NC(=O)NC2=O)cc(Cl)c1OCc1cccc([N+](=O)[O-])c1. The molecule has 0 atom stereocenters. The minimum Gasteiger partial charge on any atom is -0.490 e. The highest BCUT2D eigenvalue weighted by atomic mass is 35.5. The number of hydrogen-bond donors (Lipinski definition) is 2. The first kappa shape index (κ1) is 20.2. The average Bonchev–Trinajstić information content (AvgIpc) is 2.98. The van der Waals surface area contributed by atoms with E-state index in [9.17, 15) is 19.7 Å². The van der Waals surface area contributed by atoms with Crippen molar-refractivity contribution in [2.24, 2.45) is 0 Å². The van der Waals surface area contributed by atoms with E-state index in [1.165, 1.54) is 18.2 Å². The van der Waals surface area contributed by atoms with Gasteiger partial charge < -0.3 is 14.8 Å². The molecule has 3 amide bonds. The van der Waals surface area contributed by atoms with E-state index in [1.807, 2.05) is 0 Å². The molecule has 1 aliphatic rings. The Morgan fingerprint density at radius 3 is 2.62 bits per heavy atom. The Labute approximate surface area is 170 Å². The van der Waals surface area contributed by atoms with E-state index in [2.05, 4.69) is 10.6 Å². The van der Waals surface area contributed by atoms with Crippen LogP contribution in [0.15, 0.2) is 42.1 Å². The van der Waals surface area contributed by atoms with Gasteiger partial charge in [-0.3, -0.25) is 20.2 Å². The predicted octanol–water partition coefficient (Wildman–Crippen LogP) is 3.41. The van der Waals surface area contributed by atoms with Gasteiger partial charge in [-0.25, -0.2) is 4.79 Å². The minimum atomic E-state index is -0.603. The Morgan fingerprint density at radius 2 is 1.97 bits per heavy atom. The smallest absolute Gasteiger partial charge is 0.326 e. The summed E-state index contributed by atoms with van der Waals surface area (Å²) >= 11 is 6.34. The molecule has 3 rings (SSSR count). The lowest BCUT2D eigenvalue weighted by molar-refractivity contribution is -0.384. The molecule has 1 heterocycles. The van der Waals surface area contributed by atoms with Crippen LogP contribution in [0.5, 0.6) is 11.5 Å². The fourth-order valence-electron chi connectivity index (χ4n) is 2.64. The Balaban J connectivity index is 1.86. The van der Waals surface area contributed by atoms with Crippen LogP contribution in [0, 0.1) is 10.1 Å². The van der Waals surface area contributed by atoms with E-state index < -0.39 is 16.9 Å². The predicted molar refractivity (Wildman–Crippen MR) is 105 cm³/mol. The zero-order chi connectivity index (χ0) is 21.0. The molecule has 29 heavy (non-hydrogen) atoms. The van der Waals surface area contributed by atoms with E-state index in [-0.39, 0.29) is 28.8 Å². The molecule has 0 unspecified atom stereocenters. The summed E-state index contributed by atoms with van der Waals surface area (Å²) in [7, 11) is 0. The van der Waals surface area contributed by atoms with Crippen molar-refractivity contribution < 1.29 is 24.0 Å². The van der Waals surface area contributed by atoms with Gasteiger partial charge in [-0.05, 0) is 36.3 Å². The number of carbonyl (C=O) groups is 2. The van der Waals surface area contributed by atoms with Crippen molar-refractivity contribution in [1.29, 1.82) is 0 Å². The number of amides is 3. The van der Waals surface area contributed by atoms with Crippen molar-refractivity contribution in [3.63, 3.8) is 0 Å². The quantitative estimate of drug-likeness (QED) is 0.308. The number of ether oxygens (including phenoxy) is 2. The highest BCUT2D eigenvalue weighted by Crippen LogP contribution is 2.38. The molecule has 0 saturated carbocycles. The fraction of sp³-hybridized carbons (Fsp3) is 0.158. The van der Waals surface area contributed by atoms with E-state index >= 15 is 0 Å². The van der Waals surface area contributed by atoms with Gasteiger partial charge in [0.2, 0.25) is 0 Å². The highest BCUT2D eigenvalue weighted by molar-refractivity contribution is 6.32. The summed E-state index contributed by atoms with van der Waals surface area (Å²) < 4.78 is 11.3. The van der Waals surface area contributed by atoms with Gasteiger partial charge >= 0.3 is 6.03 Å². The number of nitro groups is 1. The van der Waals surface area contributed by atoms with Crippen LogP contribution in [0.2, 0.25) is 5.02 Å². The second-order valence-corrected chi connectivity index (χ2v) is 6.35. The second kappa shape index (κ2) is 8.61. The number of benzene rings is 2. The number of carbonyl (C=O) groups excluding carboxylic acids is 2. The zero-order valence-corrected chi connectivity index (χ0v) is 16.0. The number of non-ortho nitro benzene ring substituents is 1. The van der Waals surface area contributed by atoms with Gasteiger partial charge in [0.05, 0.1) is 16.6 Å². The third-order valence-corrected chi connectivity index (χ3v) is 4.15. The van der Waals surface area contributed by atoms with Crippen LogP contribution in [0.1, 0.15) is 18.1 Å². The Morgan fingerprint density at radius 1 is 1.17 bits per heavy atom. The number of rotatable bonds is 7. The third-order valence-electron chi connectivity index (χ3n) is 3.87. The van der Waals surface area contributed by atoms with Crippen LogP contribution in [0.25, 0.3) is 6.08 Å². The molecule has 1 fully saturated rings. The van der Waals surface area contributed by atoms with Crippen LogP contribution in [-0.2, 0) is 11.4 Å². The van der Waals surface area contributed by atoms with Gasteiger partial charge in [-0.15, -0.1) is 0 Å². The van der Waals surface area contributed by atoms with E-state index in [0.717, 1.165) is 0 Å². The molecule has 150 valence electrons. The monoisotopic (exact) mass is 417 g/mol. The summed E-state index contributed by atoms with van der Waals surface area (Å²) in [5, 5.41) is 15.6. The fourth-order valence-corrected chi connectivity index (χ4v) is 2.91. The van der Waals surface area contributed by atoms with E-state index in [0.29, 0.717) is 23.5 Å². The largest absolute Gasteiger partial charge is 0.490 e. The molecule has 9 nitrogen and oxygen atoms in total. The van der Waals surface area contributed by atoms with Crippen molar-refractivity contribution in [2.75, 3.05) is 6.61 Å². The van der Waals surface area contributed by atoms with E-state index in [4.69, 9.17) is 21.1 Å². The molecule has 0 radical (unpaired) electrons. The van der Waals surface area contributed by atoms with Gasteiger partial charge in [0, 0.05) is 12.1 Å². The minimum absolute atomic E-state index is 0.0407. The number of hydrogen-bond acceptors (Lipinski definition) is 6. The molecule has 0 aliphatic carbocycles. The van der Waals surface area contributed by atoms with Crippen molar-refractivity contribution in [3.05, 3.63) is 68.4 Å². The first-order valence-corrected chi connectivity index (χ1v) is 8.91. The molecule has 0 spiro atoms. The van der Waals surface area contributed by atoms with Gasteiger partial charge in [0.15, 0.2) is 11.5 Å². The van der Waals surface area contributed by atoms with Gasteiger partial charge in [0.1, 0.15) is 12.3 Å². The summed E-state index contributed by atoms with van der Waals surface area (Å²) in [6.07, 6.45) is 1.46. The lowest BCUT2D eigenvalue weighted by Gasteiger charge is -2.14. The van der Waals surface area contributed by atoms with Crippen molar-refractivity contribution in [1.82, 2.24) is 10.6 Å². The number of nitrogens with one attached hydrogen (secondary N) is 2. The number of urea groups is 1. The molecular weight excluding hydrogens is 402 g/mol. The first-order chi connectivity index (χ1) is 13.9. The molecule has 2 aromatic carbocycles. The summed E-state index contributed by atoms with van der Waals surface area (Å²) in [6.45, 7) is 2.16. The molecule has 10 heteroatoms. The van der Waals surface area contributed by atoms with Gasteiger partial charge in [-0.2, -0.15) is 0 Å². The van der Waals surface area contributed by atoms with Crippen LogP contribution in [0.3, 0.4) is 0 Å². The summed E-state index contributed by atoms with van der Waals surface area (Å²) in [5.41, 5.74) is 1.16. The van der Waals surface area contributed by atoms with Crippen LogP contribution in [0.4, 0.5) is 10.5 Å². The second-order valence-electron chi connectivity index (χ2n) is 5.94. The molecule has 2 N–H and O–H groups in total. The molecule has 2 aromatic rings. The summed E-state index contributed by atoms with van der Waals surface area (Å²) in [5.74, 6) is 0.0548. The van der Waals surface area contributed by atoms with Crippen LogP contribution < -0.4 is 20.1 Å². The Kier molecular flexibility index (Phi) is 5.99. The first-order valence-electron chi connectivity index (χ1n) is 8.54. The maximum absolute atomic E-state index is 11.7. The zero-order valence-electron chi connectivity index (χ0n) is 15.2. The number of halogens is 1.